The maximum atomic E-state index is 10.1. The van der Waals surface area contributed by atoms with E-state index in [2.05, 4.69) is 4.18 Å². The van der Waals surface area contributed by atoms with Crippen LogP contribution >= 0.6 is 12.0 Å². The van der Waals surface area contributed by atoms with Crippen LogP contribution in [0.2, 0.25) is 0 Å². The Bertz CT molecular complexity index is 687. The number of carbonyl (C=O) groups excluding carboxylic acids is 1. The van der Waals surface area contributed by atoms with Gasteiger partial charge in [0, 0.05) is 15.7 Å². The first-order chi connectivity index (χ1) is 8.38. The molecule has 0 radical (unpaired) electrons. The third kappa shape index (κ3) is 1.76. The Labute approximate surface area is 102 Å². The van der Waals surface area contributed by atoms with Gasteiger partial charge in [-0.05, 0) is 24.3 Å². The zero-order valence-electron chi connectivity index (χ0n) is 8.75. The van der Waals surface area contributed by atoms with E-state index in [0.29, 0.717) is 6.47 Å². The van der Waals surface area contributed by atoms with Gasteiger partial charge in [0.15, 0.2) is 0 Å². The number of fused-ring (bicyclic) bond motifs is 3. The van der Waals surface area contributed by atoms with Crippen molar-refractivity contribution >= 4 is 40.5 Å². The molecule has 0 unspecified atom stereocenters. The molecule has 0 bridgehead atoms. The third-order valence-electron chi connectivity index (χ3n) is 2.53. The van der Waals surface area contributed by atoms with Crippen LogP contribution in [0.5, 0.6) is 0 Å². The minimum Gasteiger partial charge on any atom is -0.456 e. The summed E-state index contributed by atoms with van der Waals surface area (Å²) in [6.07, 6.45) is 0. The molecule has 3 rings (SSSR count). The highest BCUT2D eigenvalue weighted by atomic mass is 32.2. The SMILES string of the molecule is O=COSc1ccc2oc3ccccc3c2c1. The molecule has 2 aromatic carbocycles. The first-order valence-electron chi connectivity index (χ1n) is 5.07. The number of hydrogen-bond donors (Lipinski definition) is 0. The van der Waals surface area contributed by atoms with Crippen LogP contribution in [0.3, 0.4) is 0 Å². The molecule has 84 valence electrons. The van der Waals surface area contributed by atoms with E-state index in [4.69, 9.17) is 4.42 Å². The molecule has 0 saturated heterocycles. The van der Waals surface area contributed by atoms with Crippen molar-refractivity contribution in [2.24, 2.45) is 0 Å². The van der Waals surface area contributed by atoms with Gasteiger partial charge < -0.3 is 8.60 Å². The molecule has 17 heavy (non-hydrogen) atoms. The molecule has 0 aliphatic carbocycles. The smallest absolute Gasteiger partial charge is 0.305 e. The lowest BCUT2D eigenvalue weighted by molar-refractivity contribution is -0.119. The first kappa shape index (κ1) is 10.2. The van der Waals surface area contributed by atoms with E-state index in [0.717, 1.165) is 38.9 Å². The first-order valence-corrected chi connectivity index (χ1v) is 5.81. The van der Waals surface area contributed by atoms with Crippen LogP contribution in [-0.2, 0) is 8.98 Å². The van der Waals surface area contributed by atoms with E-state index < -0.39 is 0 Å². The monoisotopic (exact) mass is 244 g/mol. The Hall–Kier alpha value is -1.94. The molecule has 0 saturated carbocycles. The van der Waals surface area contributed by atoms with Gasteiger partial charge in [-0.3, -0.25) is 4.79 Å². The van der Waals surface area contributed by atoms with Gasteiger partial charge in [0.25, 0.3) is 0 Å². The lowest BCUT2D eigenvalue weighted by Crippen LogP contribution is -1.75. The van der Waals surface area contributed by atoms with E-state index in [1.165, 1.54) is 0 Å². The summed E-state index contributed by atoms with van der Waals surface area (Å²) < 4.78 is 10.4. The summed E-state index contributed by atoms with van der Waals surface area (Å²) in [5.74, 6) is 0. The number of hydrogen-bond acceptors (Lipinski definition) is 4. The molecule has 0 amide bonds. The minimum atomic E-state index is 0.419. The normalized spacial score (nSPS) is 10.8. The summed E-state index contributed by atoms with van der Waals surface area (Å²) in [6, 6.07) is 13.6. The maximum Gasteiger partial charge on any atom is 0.305 e. The summed E-state index contributed by atoms with van der Waals surface area (Å²) in [7, 11) is 0. The second-order valence-electron chi connectivity index (χ2n) is 3.53. The number of para-hydroxylation sites is 1. The molecular weight excluding hydrogens is 236 g/mol. The molecule has 1 heterocycles. The average Bonchev–Trinajstić information content (AvgIpc) is 2.74. The lowest BCUT2D eigenvalue weighted by Gasteiger charge is -1.96. The molecule has 0 fully saturated rings. The van der Waals surface area contributed by atoms with Gasteiger partial charge in [0.1, 0.15) is 11.2 Å². The highest BCUT2D eigenvalue weighted by molar-refractivity contribution is 7.95. The van der Waals surface area contributed by atoms with Crippen LogP contribution in [0, 0.1) is 0 Å². The quantitative estimate of drug-likeness (QED) is 0.519. The van der Waals surface area contributed by atoms with Crippen molar-refractivity contribution < 1.29 is 13.4 Å². The van der Waals surface area contributed by atoms with Crippen LogP contribution in [0.1, 0.15) is 0 Å². The lowest BCUT2D eigenvalue weighted by atomic mass is 10.1. The van der Waals surface area contributed by atoms with Gasteiger partial charge in [-0.1, -0.05) is 18.2 Å². The molecule has 0 spiro atoms. The van der Waals surface area contributed by atoms with Gasteiger partial charge in [-0.15, -0.1) is 0 Å². The van der Waals surface area contributed by atoms with Crippen molar-refractivity contribution in [3.63, 3.8) is 0 Å². The summed E-state index contributed by atoms with van der Waals surface area (Å²) >= 11 is 1.04. The molecule has 3 aromatic rings. The number of benzene rings is 2. The fraction of sp³-hybridized carbons (Fsp3) is 0. The Morgan fingerprint density at radius 2 is 1.88 bits per heavy atom. The Kier molecular flexibility index (Phi) is 2.49. The van der Waals surface area contributed by atoms with E-state index in [1.807, 2.05) is 42.5 Å². The molecule has 1 aromatic heterocycles. The van der Waals surface area contributed by atoms with Crippen LogP contribution in [0.25, 0.3) is 21.9 Å². The molecule has 3 nitrogen and oxygen atoms in total. The summed E-state index contributed by atoms with van der Waals surface area (Å²) in [4.78, 5) is 11.0. The Balaban J connectivity index is 2.19. The molecule has 4 heteroatoms. The van der Waals surface area contributed by atoms with Crippen LogP contribution in [-0.4, -0.2) is 6.47 Å². The van der Waals surface area contributed by atoms with Crippen molar-refractivity contribution in [1.82, 2.24) is 0 Å². The number of rotatable bonds is 3. The van der Waals surface area contributed by atoms with Gasteiger partial charge in [0.2, 0.25) is 0 Å². The molecule has 0 aliphatic heterocycles. The summed E-state index contributed by atoms with van der Waals surface area (Å²) in [6.45, 7) is 0.419. The Morgan fingerprint density at radius 1 is 1.06 bits per heavy atom. The van der Waals surface area contributed by atoms with Crippen LogP contribution in [0.4, 0.5) is 0 Å². The molecule has 0 atom stereocenters. The van der Waals surface area contributed by atoms with Crippen molar-refractivity contribution in [1.29, 1.82) is 0 Å². The zero-order chi connectivity index (χ0) is 11.7. The van der Waals surface area contributed by atoms with Crippen molar-refractivity contribution in [3.8, 4) is 0 Å². The molecule has 0 N–H and O–H groups in total. The number of carbonyl (C=O) groups is 1. The highest BCUT2D eigenvalue weighted by Crippen LogP contribution is 2.31. The maximum absolute atomic E-state index is 10.1. The van der Waals surface area contributed by atoms with Crippen LogP contribution in [0.15, 0.2) is 51.8 Å². The Morgan fingerprint density at radius 3 is 2.76 bits per heavy atom. The standard InChI is InChI=1S/C13H8O3S/c14-8-15-17-9-5-6-13-11(7-9)10-3-1-2-4-12(10)16-13/h1-8H. The molecular formula is C13H8O3S. The van der Waals surface area contributed by atoms with E-state index in [9.17, 15) is 4.79 Å². The third-order valence-corrected chi connectivity index (χ3v) is 3.15. The van der Waals surface area contributed by atoms with Crippen molar-refractivity contribution in [2.45, 2.75) is 4.90 Å². The molecule has 0 aliphatic rings. The second kappa shape index (κ2) is 4.14. The van der Waals surface area contributed by atoms with E-state index in [1.54, 1.807) is 0 Å². The van der Waals surface area contributed by atoms with Gasteiger partial charge >= 0.3 is 6.47 Å². The van der Waals surface area contributed by atoms with Gasteiger partial charge in [-0.2, -0.15) is 0 Å². The highest BCUT2D eigenvalue weighted by Gasteiger charge is 2.07. The summed E-state index contributed by atoms with van der Waals surface area (Å²) in [5, 5.41) is 2.09. The van der Waals surface area contributed by atoms with Gasteiger partial charge in [0.05, 0.1) is 12.0 Å². The largest absolute Gasteiger partial charge is 0.456 e. The zero-order valence-corrected chi connectivity index (χ0v) is 9.57. The average molecular weight is 244 g/mol. The number of furan rings is 1. The van der Waals surface area contributed by atoms with Crippen molar-refractivity contribution in [3.05, 3.63) is 42.5 Å². The van der Waals surface area contributed by atoms with Crippen molar-refractivity contribution in [2.75, 3.05) is 0 Å². The summed E-state index contributed by atoms with van der Waals surface area (Å²) in [5.41, 5.74) is 1.70. The van der Waals surface area contributed by atoms with E-state index >= 15 is 0 Å². The minimum absolute atomic E-state index is 0.419. The fourth-order valence-electron chi connectivity index (χ4n) is 1.83. The van der Waals surface area contributed by atoms with Crippen LogP contribution < -0.4 is 0 Å². The fourth-order valence-corrected chi connectivity index (χ4v) is 2.27. The van der Waals surface area contributed by atoms with E-state index in [-0.39, 0.29) is 0 Å². The topological polar surface area (TPSA) is 39.4 Å². The predicted octanol–water partition coefficient (Wildman–Crippen LogP) is 3.77. The second-order valence-corrected chi connectivity index (χ2v) is 4.36. The van der Waals surface area contributed by atoms with Gasteiger partial charge in [-0.25, -0.2) is 0 Å². The predicted molar refractivity (Wildman–Crippen MR) is 66.7 cm³/mol.